The smallest absolute Gasteiger partial charge is 0.242 e. The van der Waals surface area contributed by atoms with Gasteiger partial charge in [-0.3, -0.25) is 9.59 Å². The molecule has 2 N–H and O–H groups in total. The quantitative estimate of drug-likeness (QED) is 0.686. The predicted octanol–water partition coefficient (Wildman–Crippen LogP) is -0.652. The maximum absolute atomic E-state index is 12.2. The third-order valence-electron chi connectivity index (χ3n) is 2.70. The van der Waals surface area contributed by atoms with Crippen LogP contribution < -0.4 is 10.6 Å². The Labute approximate surface area is 108 Å². The number of morpholine rings is 1. The fourth-order valence-electron chi connectivity index (χ4n) is 1.83. The van der Waals surface area contributed by atoms with Gasteiger partial charge in [0.1, 0.15) is 6.04 Å². The molecule has 0 aliphatic carbocycles. The fraction of sp³-hybridized carbons (Fsp3) is 0.833. The Morgan fingerprint density at radius 3 is 2.72 bits per heavy atom. The number of hydrogen-bond donors (Lipinski definition) is 2. The Kier molecular flexibility index (Phi) is 6.07. The van der Waals surface area contributed by atoms with Crippen molar-refractivity contribution in [3.8, 4) is 0 Å². The topological polar surface area (TPSA) is 70.7 Å². The minimum Gasteiger partial charge on any atom is -0.378 e. The predicted molar refractivity (Wildman–Crippen MR) is 68.1 cm³/mol. The summed E-state index contributed by atoms with van der Waals surface area (Å²) in [6.07, 6.45) is 0. The molecule has 0 aromatic heterocycles. The molecule has 6 heteroatoms. The Balaban J connectivity index is 2.48. The summed E-state index contributed by atoms with van der Waals surface area (Å²) in [5.41, 5.74) is 0. The summed E-state index contributed by atoms with van der Waals surface area (Å²) >= 11 is 0. The van der Waals surface area contributed by atoms with Crippen LogP contribution >= 0.6 is 0 Å². The van der Waals surface area contributed by atoms with Gasteiger partial charge in [0.2, 0.25) is 11.8 Å². The number of nitrogens with zero attached hydrogens (tertiary/aromatic N) is 1. The van der Waals surface area contributed by atoms with E-state index >= 15 is 0 Å². The molecule has 1 fully saturated rings. The first-order chi connectivity index (χ1) is 8.54. The van der Waals surface area contributed by atoms with Crippen molar-refractivity contribution in [3.63, 3.8) is 0 Å². The van der Waals surface area contributed by atoms with Gasteiger partial charge in [-0.2, -0.15) is 0 Å². The van der Waals surface area contributed by atoms with Crippen LogP contribution in [0.15, 0.2) is 0 Å². The Morgan fingerprint density at radius 2 is 2.22 bits per heavy atom. The van der Waals surface area contributed by atoms with Crippen LogP contribution in [-0.4, -0.2) is 61.6 Å². The third kappa shape index (κ3) is 4.62. The minimum absolute atomic E-state index is 0.0730. The van der Waals surface area contributed by atoms with Gasteiger partial charge in [-0.05, 0) is 20.8 Å². The molecule has 0 aromatic rings. The molecule has 1 atom stereocenters. The second kappa shape index (κ2) is 7.33. The molecule has 1 aliphatic heterocycles. The van der Waals surface area contributed by atoms with E-state index in [-0.39, 0.29) is 30.4 Å². The lowest BCUT2D eigenvalue weighted by Crippen LogP contribution is -2.54. The summed E-state index contributed by atoms with van der Waals surface area (Å²) in [4.78, 5) is 25.4. The molecule has 1 rings (SSSR count). The second-order valence-electron chi connectivity index (χ2n) is 4.66. The lowest BCUT2D eigenvalue weighted by molar-refractivity contribution is -0.140. The number of likely N-dealkylation sites (N-methyl/N-ethyl adjacent to an activating group) is 1. The van der Waals surface area contributed by atoms with E-state index in [0.717, 1.165) is 0 Å². The molecule has 1 unspecified atom stereocenters. The van der Waals surface area contributed by atoms with Crippen LogP contribution in [0.5, 0.6) is 0 Å². The number of carbonyl (C=O) groups excluding carboxylic acids is 2. The van der Waals surface area contributed by atoms with Crippen molar-refractivity contribution >= 4 is 11.8 Å². The molecule has 1 aliphatic rings. The average molecular weight is 257 g/mol. The minimum atomic E-state index is -0.328. The van der Waals surface area contributed by atoms with Crippen molar-refractivity contribution < 1.29 is 14.3 Å². The highest BCUT2D eigenvalue weighted by Crippen LogP contribution is 2.00. The van der Waals surface area contributed by atoms with Gasteiger partial charge in [-0.25, -0.2) is 0 Å². The Morgan fingerprint density at radius 1 is 1.50 bits per heavy atom. The van der Waals surface area contributed by atoms with Crippen LogP contribution in [0.2, 0.25) is 0 Å². The molecule has 0 spiro atoms. The molecule has 6 nitrogen and oxygen atoms in total. The normalized spacial score (nSPS) is 19.7. The first-order valence-electron chi connectivity index (χ1n) is 6.43. The molecule has 0 saturated carbocycles. The number of amides is 2. The van der Waals surface area contributed by atoms with E-state index in [9.17, 15) is 9.59 Å². The van der Waals surface area contributed by atoms with E-state index in [1.165, 1.54) is 0 Å². The second-order valence-corrected chi connectivity index (χ2v) is 4.66. The van der Waals surface area contributed by atoms with Gasteiger partial charge in [-0.15, -0.1) is 0 Å². The fourth-order valence-corrected chi connectivity index (χ4v) is 1.83. The molecule has 18 heavy (non-hydrogen) atoms. The highest BCUT2D eigenvalue weighted by Gasteiger charge is 2.26. The molecule has 1 heterocycles. The van der Waals surface area contributed by atoms with Gasteiger partial charge in [0.25, 0.3) is 0 Å². The van der Waals surface area contributed by atoms with E-state index < -0.39 is 0 Å². The van der Waals surface area contributed by atoms with Crippen molar-refractivity contribution in [1.82, 2.24) is 15.5 Å². The molecular formula is C12H23N3O3. The van der Waals surface area contributed by atoms with Crippen molar-refractivity contribution in [1.29, 1.82) is 0 Å². The first kappa shape index (κ1) is 14.9. The Bertz CT molecular complexity index is 288. The third-order valence-corrected chi connectivity index (χ3v) is 2.70. The highest BCUT2D eigenvalue weighted by molar-refractivity contribution is 5.87. The van der Waals surface area contributed by atoms with Crippen LogP contribution in [0.4, 0.5) is 0 Å². The zero-order chi connectivity index (χ0) is 13.5. The zero-order valence-electron chi connectivity index (χ0n) is 11.4. The molecule has 0 bridgehead atoms. The monoisotopic (exact) mass is 257 g/mol. The molecule has 0 aromatic carbocycles. The number of carbonyl (C=O) groups is 2. The van der Waals surface area contributed by atoms with Gasteiger partial charge in [0.05, 0.1) is 19.8 Å². The van der Waals surface area contributed by atoms with E-state index in [1.54, 1.807) is 4.90 Å². The molecule has 1 saturated heterocycles. The van der Waals surface area contributed by atoms with Crippen molar-refractivity contribution in [2.45, 2.75) is 32.9 Å². The summed E-state index contributed by atoms with van der Waals surface area (Å²) in [5.74, 6) is -0.201. The highest BCUT2D eigenvalue weighted by atomic mass is 16.5. The summed E-state index contributed by atoms with van der Waals surface area (Å²) in [7, 11) is 0. The van der Waals surface area contributed by atoms with E-state index in [4.69, 9.17) is 4.74 Å². The Hall–Kier alpha value is -1.14. The van der Waals surface area contributed by atoms with Crippen molar-refractivity contribution in [2.75, 3.05) is 32.8 Å². The number of ether oxygens (including phenoxy) is 1. The van der Waals surface area contributed by atoms with E-state index in [1.807, 2.05) is 20.8 Å². The first-order valence-corrected chi connectivity index (χ1v) is 6.43. The van der Waals surface area contributed by atoms with Crippen molar-refractivity contribution in [2.24, 2.45) is 0 Å². The largest absolute Gasteiger partial charge is 0.378 e. The van der Waals surface area contributed by atoms with E-state index in [2.05, 4.69) is 10.6 Å². The number of rotatable bonds is 5. The summed E-state index contributed by atoms with van der Waals surface area (Å²) < 4.78 is 5.26. The molecule has 0 radical (unpaired) electrons. The average Bonchev–Trinajstić information content (AvgIpc) is 2.35. The lowest BCUT2D eigenvalue weighted by atomic mass is 10.2. The van der Waals surface area contributed by atoms with Crippen LogP contribution in [0.3, 0.4) is 0 Å². The van der Waals surface area contributed by atoms with Gasteiger partial charge in [-0.1, -0.05) is 0 Å². The summed E-state index contributed by atoms with van der Waals surface area (Å²) in [6, 6.07) is -0.243. The van der Waals surface area contributed by atoms with E-state index in [0.29, 0.717) is 26.3 Å². The molecular weight excluding hydrogens is 234 g/mol. The number of hydrogen-bond acceptors (Lipinski definition) is 4. The van der Waals surface area contributed by atoms with Crippen LogP contribution in [-0.2, 0) is 14.3 Å². The maximum Gasteiger partial charge on any atom is 0.242 e. The SMILES string of the molecule is CCN(CC(=O)NC(C)C)C(=O)C1COCCN1. The lowest BCUT2D eigenvalue weighted by Gasteiger charge is -2.29. The maximum atomic E-state index is 12.2. The van der Waals surface area contributed by atoms with Gasteiger partial charge >= 0.3 is 0 Å². The summed E-state index contributed by atoms with van der Waals surface area (Å²) in [6.45, 7) is 7.95. The van der Waals surface area contributed by atoms with Gasteiger partial charge < -0.3 is 20.3 Å². The van der Waals surface area contributed by atoms with Crippen molar-refractivity contribution in [3.05, 3.63) is 0 Å². The van der Waals surface area contributed by atoms with Gasteiger partial charge in [0.15, 0.2) is 0 Å². The van der Waals surface area contributed by atoms with Crippen LogP contribution in [0.25, 0.3) is 0 Å². The standard InChI is InChI=1S/C12H23N3O3/c1-4-15(7-11(16)14-9(2)3)12(17)10-8-18-6-5-13-10/h9-10,13H,4-8H2,1-3H3,(H,14,16). The zero-order valence-corrected chi connectivity index (χ0v) is 11.4. The molecule has 2 amide bonds. The van der Waals surface area contributed by atoms with Crippen LogP contribution in [0, 0.1) is 0 Å². The number of nitrogens with one attached hydrogen (secondary N) is 2. The summed E-state index contributed by atoms with van der Waals surface area (Å²) in [5, 5.41) is 5.88. The van der Waals surface area contributed by atoms with Gasteiger partial charge in [0, 0.05) is 19.1 Å². The molecule has 104 valence electrons. The van der Waals surface area contributed by atoms with Crippen LogP contribution in [0.1, 0.15) is 20.8 Å².